The first-order chi connectivity index (χ1) is 10.4. The molecule has 2 rings (SSSR count). The molecule has 118 valence electrons. The van der Waals surface area contributed by atoms with Gasteiger partial charge < -0.3 is 5.32 Å². The average molecular weight is 340 g/mol. The molecule has 0 unspecified atom stereocenters. The van der Waals surface area contributed by atoms with Gasteiger partial charge >= 0.3 is 0 Å². The van der Waals surface area contributed by atoms with Gasteiger partial charge in [-0.15, -0.1) is 0 Å². The van der Waals surface area contributed by atoms with Crippen LogP contribution < -0.4 is 5.32 Å². The van der Waals surface area contributed by atoms with E-state index >= 15 is 0 Å². The van der Waals surface area contributed by atoms with Gasteiger partial charge in [-0.25, -0.2) is 0 Å². The Morgan fingerprint density at radius 1 is 1.23 bits per heavy atom. The van der Waals surface area contributed by atoms with Crippen LogP contribution in [-0.2, 0) is 24.7 Å². The molecule has 0 aliphatic rings. The first-order valence-corrected chi connectivity index (χ1v) is 7.83. The highest BCUT2D eigenvalue weighted by Gasteiger charge is 2.13. The second kappa shape index (κ2) is 7.16. The van der Waals surface area contributed by atoms with Crippen molar-refractivity contribution in [3.63, 3.8) is 0 Å². The van der Waals surface area contributed by atoms with E-state index in [2.05, 4.69) is 10.4 Å². The molecule has 2 aromatic rings. The van der Waals surface area contributed by atoms with Gasteiger partial charge in [0.05, 0.1) is 12.1 Å². The molecule has 0 fully saturated rings. The van der Waals surface area contributed by atoms with Crippen molar-refractivity contribution in [2.24, 2.45) is 7.05 Å². The Kier molecular flexibility index (Phi) is 5.48. The van der Waals surface area contributed by atoms with Crippen molar-refractivity contribution in [3.05, 3.63) is 50.8 Å². The average Bonchev–Trinajstić information content (AvgIpc) is 2.64. The van der Waals surface area contributed by atoms with Crippen molar-refractivity contribution in [2.45, 2.75) is 26.7 Å². The second-order valence-electron chi connectivity index (χ2n) is 5.33. The number of hydrogen-bond donors (Lipinski definition) is 1. The van der Waals surface area contributed by atoms with Crippen LogP contribution >= 0.6 is 23.2 Å². The fraction of sp³-hybridized carbons (Fsp3) is 0.375. The summed E-state index contributed by atoms with van der Waals surface area (Å²) in [5.41, 5.74) is 3.92. The SMILES string of the molecule is Cc1nn(C)c(C)c1CC(=O)NCCc1cc(Cl)cc(Cl)c1. The molecule has 0 saturated heterocycles. The van der Waals surface area contributed by atoms with Crippen molar-refractivity contribution in [2.75, 3.05) is 6.54 Å². The van der Waals surface area contributed by atoms with Crippen molar-refractivity contribution >= 4 is 29.1 Å². The van der Waals surface area contributed by atoms with Gasteiger partial charge in [0.15, 0.2) is 0 Å². The fourth-order valence-electron chi connectivity index (χ4n) is 2.40. The predicted octanol–water partition coefficient (Wildman–Crippen LogP) is 3.25. The molecule has 22 heavy (non-hydrogen) atoms. The number of halogens is 2. The van der Waals surface area contributed by atoms with Crippen LogP contribution in [0.15, 0.2) is 18.2 Å². The minimum absolute atomic E-state index is 0.00711. The molecule has 0 saturated carbocycles. The molecule has 0 aliphatic heterocycles. The molecule has 0 aliphatic carbocycles. The highest BCUT2D eigenvalue weighted by molar-refractivity contribution is 6.34. The minimum Gasteiger partial charge on any atom is -0.355 e. The molecule has 6 heteroatoms. The number of hydrogen-bond acceptors (Lipinski definition) is 2. The maximum absolute atomic E-state index is 12.0. The Balaban J connectivity index is 1.88. The Labute approximate surface area is 140 Å². The molecule has 1 amide bonds. The number of amides is 1. The summed E-state index contributed by atoms with van der Waals surface area (Å²) in [4.78, 5) is 12.0. The smallest absolute Gasteiger partial charge is 0.224 e. The Bertz CT molecular complexity index is 675. The van der Waals surface area contributed by atoms with Crippen molar-refractivity contribution in [1.82, 2.24) is 15.1 Å². The first kappa shape index (κ1) is 16.8. The zero-order valence-electron chi connectivity index (χ0n) is 12.9. The van der Waals surface area contributed by atoms with Crippen LogP contribution in [0.4, 0.5) is 0 Å². The first-order valence-electron chi connectivity index (χ1n) is 7.07. The summed E-state index contributed by atoms with van der Waals surface area (Å²) in [5.74, 6) is -0.00711. The molecule has 1 N–H and O–H groups in total. The molecular weight excluding hydrogens is 321 g/mol. The monoisotopic (exact) mass is 339 g/mol. The molecule has 0 spiro atoms. The van der Waals surface area contributed by atoms with Crippen LogP contribution in [0.3, 0.4) is 0 Å². The largest absolute Gasteiger partial charge is 0.355 e. The lowest BCUT2D eigenvalue weighted by atomic mass is 10.1. The van der Waals surface area contributed by atoms with E-state index < -0.39 is 0 Å². The number of aromatic nitrogens is 2. The Morgan fingerprint density at radius 3 is 2.41 bits per heavy atom. The van der Waals surface area contributed by atoms with Gasteiger partial charge in [0.2, 0.25) is 5.91 Å². The minimum atomic E-state index is -0.00711. The number of carbonyl (C=O) groups excluding carboxylic acids is 1. The van der Waals surface area contributed by atoms with Crippen molar-refractivity contribution in [3.8, 4) is 0 Å². The number of nitrogens with zero attached hydrogens (tertiary/aromatic N) is 2. The molecule has 0 radical (unpaired) electrons. The number of benzene rings is 1. The molecule has 4 nitrogen and oxygen atoms in total. The van der Waals surface area contributed by atoms with E-state index in [0.717, 1.165) is 22.5 Å². The highest BCUT2D eigenvalue weighted by Crippen LogP contribution is 2.19. The third-order valence-corrected chi connectivity index (χ3v) is 4.09. The van der Waals surface area contributed by atoms with E-state index in [0.29, 0.717) is 29.4 Å². The third kappa shape index (κ3) is 4.24. The molecule has 1 aromatic heterocycles. The topological polar surface area (TPSA) is 46.9 Å². The number of nitrogens with one attached hydrogen (secondary N) is 1. The number of rotatable bonds is 5. The van der Waals surface area contributed by atoms with Crippen LogP contribution in [0.1, 0.15) is 22.5 Å². The maximum Gasteiger partial charge on any atom is 0.224 e. The molecule has 1 aromatic carbocycles. The quantitative estimate of drug-likeness (QED) is 0.908. The maximum atomic E-state index is 12.0. The number of carbonyl (C=O) groups is 1. The van der Waals surface area contributed by atoms with Crippen LogP contribution in [-0.4, -0.2) is 22.2 Å². The molecule has 0 atom stereocenters. The Hall–Kier alpha value is -1.52. The van der Waals surface area contributed by atoms with Crippen LogP contribution in [0, 0.1) is 13.8 Å². The summed E-state index contributed by atoms with van der Waals surface area (Å²) in [5, 5.41) is 8.45. The van der Waals surface area contributed by atoms with Crippen LogP contribution in [0.2, 0.25) is 10.0 Å². The summed E-state index contributed by atoms with van der Waals surface area (Å²) < 4.78 is 1.80. The van der Waals surface area contributed by atoms with Crippen molar-refractivity contribution in [1.29, 1.82) is 0 Å². The van der Waals surface area contributed by atoms with Crippen LogP contribution in [0.5, 0.6) is 0 Å². The lowest BCUT2D eigenvalue weighted by Crippen LogP contribution is -2.27. The van der Waals surface area contributed by atoms with Crippen molar-refractivity contribution < 1.29 is 4.79 Å². The lowest BCUT2D eigenvalue weighted by Gasteiger charge is -2.07. The fourth-order valence-corrected chi connectivity index (χ4v) is 2.97. The number of aryl methyl sites for hydroxylation is 2. The summed E-state index contributed by atoms with van der Waals surface area (Å²) in [6.45, 7) is 4.44. The molecule has 0 bridgehead atoms. The standard InChI is InChI=1S/C16H19Cl2N3O/c1-10-15(11(2)21(3)20-10)9-16(22)19-5-4-12-6-13(17)8-14(18)7-12/h6-8H,4-5,9H2,1-3H3,(H,19,22). The molecular formula is C16H19Cl2N3O. The highest BCUT2D eigenvalue weighted by atomic mass is 35.5. The van der Waals surface area contributed by atoms with Gasteiger partial charge in [-0.1, -0.05) is 23.2 Å². The van der Waals surface area contributed by atoms with Gasteiger partial charge in [-0.3, -0.25) is 9.48 Å². The van der Waals surface area contributed by atoms with Gasteiger partial charge in [0.25, 0.3) is 0 Å². The predicted molar refractivity (Wildman–Crippen MR) is 89.6 cm³/mol. The normalized spacial score (nSPS) is 10.8. The lowest BCUT2D eigenvalue weighted by molar-refractivity contribution is -0.120. The van der Waals surface area contributed by atoms with Gasteiger partial charge in [-0.2, -0.15) is 5.10 Å². The third-order valence-electron chi connectivity index (χ3n) is 3.65. The van der Waals surface area contributed by atoms with Gasteiger partial charge in [0, 0.05) is 34.9 Å². The van der Waals surface area contributed by atoms with E-state index in [4.69, 9.17) is 23.2 Å². The zero-order chi connectivity index (χ0) is 16.3. The van der Waals surface area contributed by atoms with Gasteiger partial charge in [-0.05, 0) is 44.0 Å². The summed E-state index contributed by atoms with van der Waals surface area (Å²) >= 11 is 11.9. The van der Waals surface area contributed by atoms with E-state index in [1.54, 1.807) is 10.7 Å². The van der Waals surface area contributed by atoms with E-state index in [9.17, 15) is 4.79 Å². The second-order valence-corrected chi connectivity index (χ2v) is 6.20. The van der Waals surface area contributed by atoms with E-state index in [-0.39, 0.29) is 5.91 Å². The van der Waals surface area contributed by atoms with E-state index in [1.165, 1.54) is 0 Å². The zero-order valence-corrected chi connectivity index (χ0v) is 14.4. The van der Waals surface area contributed by atoms with Crippen LogP contribution in [0.25, 0.3) is 0 Å². The summed E-state index contributed by atoms with van der Waals surface area (Å²) in [7, 11) is 1.88. The molecule has 1 heterocycles. The Morgan fingerprint density at radius 2 is 1.86 bits per heavy atom. The summed E-state index contributed by atoms with van der Waals surface area (Å²) in [6, 6.07) is 5.41. The van der Waals surface area contributed by atoms with Gasteiger partial charge in [0.1, 0.15) is 0 Å². The summed E-state index contributed by atoms with van der Waals surface area (Å²) in [6.07, 6.45) is 1.04. The van der Waals surface area contributed by atoms with E-state index in [1.807, 2.05) is 33.0 Å².